The number of nitrogens with one attached hydrogen (secondary N) is 1. The highest BCUT2D eigenvalue weighted by molar-refractivity contribution is 5.90. The molecule has 3 rings (SSSR count). The summed E-state index contributed by atoms with van der Waals surface area (Å²) in [7, 11) is 3.34. The summed E-state index contributed by atoms with van der Waals surface area (Å²) in [4.78, 5) is 26.5. The van der Waals surface area contributed by atoms with E-state index >= 15 is 0 Å². The third-order valence-corrected chi connectivity index (χ3v) is 4.49. The molecule has 0 aliphatic rings. The highest BCUT2D eigenvalue weighted by Gasteiger charge is 2.24. The molecule has 2 aromatic heterocycles. The van der Waals surface area contributed by atoms with Gasteiger partial charge in [0.2, 0.25) is 5.91 Å². The minimum Gasteiger partial charge on any atom is -0.383 e. The van der Waals surface area contributed by atoms with Crippen LogP contribution in [0.1, 0.15) is 24.4 Å². The van der Waals surface area contributed by atoms with Crippen LogP contribution in [-0.4, -0.2) is 56.5 Å². The summed E-state index contributed by atoms with van der Waals surface area (Å²) >= 11 is 0. The molecule has 0 aliphatic heterocycles. The number of carbonyl (C=O) groups excluding carboxylic acids is 1. The lowest BCUT2D eigenvalue weighted by Crippen LogP contribution is -2.32. The van der Waals surface area contributed by atoms with Gasteiger partial charge in [-0.2, -0.15) is 5.10 Å². The number of hydrogen-bond acceptors (Lipinski definition) is 6. The maximum absolute atomic E-state index is 12.9. The molecule has 1 aromatic carbocycles. The summed E-state index contributed by atoms with van der Waals surface area (Å²) in [5, 5.41) is 15.8. The van der Waals surface area contributed by atoms with Crippen LogP contribution in [0, 0.1) is 0 Å². The van der Waals surface area contributed by atoms with Crippen molar-refractivity contribution in [2.75, 3.05) is 20.8 Å². The molecule has 1 amide bonds. The molecule has 9 nitrogen and oxygen atoms in total. The molecule has 0 fully saturated rings. The fourth-order valence-corrected chi connectivity index (χ4v) is 2.98. The smallest absolute Gasteiger partial charge is 0.272 e. The van der Waals surface area contributed by atoms with Crippen molar-refractivity contribution in [3.63, 3.8) is 0 Å². The van der Waals surface area contributed by atoms with E-state index in [1.165, 1.54) is 0 Å². The normalized spacial score (nSPS) is 12.3. The summed E-state index contributed by atoms with van der Waals surface area (Å²) in [5.41, 5.74) is 0.275. The highest BCUT2D eigenvalue weighted by atomic mass is 16.5. The Bertz CT molecular complexity index is 996. The van der Waals surface area contributed by atoms with Crippen molar-refractivity contribution < 1.29 is 9.53 Å². The lowest BCUT2D eigenvalue weighted by Gasteiger charge is -2.21. The number of ether oxygens (including phenoxy) is 1. The molecule has 3 aromatic rings. The monoisotopic (exact) mass is 370 g/mol. The Balaban J connectivity index is 1.81. The Kier molecular flexibility index (Phi) is 5.60. The van der Waals surface area contributed by atoms with E-state index in [9.17, 15) is 9.59 Å². The molecule has 0 bridgehead atoms. The van der Waals surface area contributed by atoms with Crippen molar-refractivity contribution in [1.29, 1.82) is 0 Å². The van der Waals surface area contributed by atoms with Crippen LogP contribution < -0.4 is 5.56 Å². The average molecular weight is 370 g/mol. The number of H-pyrrole nitrogens is 1. The van der Waals surface area contributed by atoms with Crippen LogP contribution >= 0.6 is 0 Å². The summed E-state index contributed by atoms with van der Waals surface area (Å²) in [6.07, 6.45) is 1.62. The number of amides is 1. The largest absolute Gasteiger partial charge is 0.383 e. The van der Waals surface area contributed by atoms with Crippen LogP contribution in [0.15, 0.2) is 35.4 Å². The van der Waals surface area contributed by atoms with Gasteiger partial charge in [0.25, 0.3) is 5.56 Å². The SMILES string of the molecule is COCCn1cnnc1CN(C)C(=O)C(C)c1n[nH]c(=O)c2ccccc12. The zero-order valence-electron chi connectivity index (χ0n) is 15.5. The van der Waals surface area contributed by atoms with Gasteiger partial charge in [-0.15, -0.1) is 10.2 Å². The zero-order valence-corrected chi connectivity index (χ0v) is 15.5. The van der Waals surface area contributed by atoms with Crippen LogP contribution in [0.5, 0.6) is 0 Å². The number of aromatic amines is 1. The maximum atomic E-state index is 12.9. The number of fused-ring (bicyclic) bond motifs is 1. The van der Waals surface area contributed by atoms with E-state index in [4.69, 9.17) is 4.74 Å². The van der Waals surface area contributed by atoms with Crippen molar-refractivity contribution in [3.05, 3.63) is 52.5 Å². The molecular weight excluding hydrogens is 348 g/mol. The second-order valence-electron chi connectivity index (χ2n) is 6.33. The molecule has 0 radical (unpaired) electrons. The Morgan fingerprint density at radius 1 is 1.33 bits per heavy atom. The third-order valence-electron chi connectivity index (χ3n) is 4.49. The molecule has 1 N–H and O–H groups in total. The van der Waals surface area contributed by atoms with E-state index in [1.54, 1.807) is 50.5 Å². The first-order valence-electron chi connectivity index (χ1n) is 8.60. The number of carbonyl (C=O) groups is 1. The van der Waals surface area contributed by atoms with Gasteiger partial charge >= 0.3 is 0 Å². The standard InChI is InChI=1S/C18H22N6O3/c1-12(16-13-6-4-5-7-14(13)17(25)22-21-16)18(26)23(2)10-15-20-19-11-24(15)8-9-27-3/h4-7,11-12H,8-10H2,1-3H3,(H,22,25). The minimum absolute atomic E-state index is 0.124. The first-order valence-corrected chi connectivity index (χ1v) is 8.60. The van der Waals surface area contributed by atoms with Crippen LogP contribution in [0.2, 0.25) is 0 Å². The second-order valence-corrected chi connectivity index (χ2v) is 6.33. The van der Waals surface area contributed by atoms with E-state index < -0.39 is 5.92 Å². The minimum atomic E-state index is -0.521. The maximum Gasteiger partial charge on any atom is 0.272 e. The van der Waals surface area contributed by atoms with E-state index in [-0.39, 0.29) is 11.5 Å². The topological polar surface area (TPSA) is 106 Å². The van der Waals surface area contributed by atoms with E-state index in [2.05, 4.69) is 20.4 Å². The fraction of sp³-hybridized carbons (Fsp3) is 0.389. The van der Waals surface area contributed by atoms with Crippen LogP contribution in [0.25, 0.3) is 10.8 Å². The first-order chi connectivity index (χ1) is 13.0. The van der Waals surface area contributed by atoms with Gasteiger partial charge in [-0.3, -0.25) is 9.59 Å². The summed E-state index contributed by atoms with van der Waals surface area (Å²) in [5.74, 6) is 0.0301. The number of benzene rings is 1. The molecule has 1 unspecified atom stereocenters. The quantitative estimate of drug-likeness (QED) is 0.663. The average Bonchev–Trinajstić information content (AvgIpc) is 3.12. The lowest BCUT2D eigenvalue weighted by molar-refractivity contribution is -0.131. The zero-order chi connectivity index (χ0) is 19.4. The van der Waals surface area contributed by atoms with Crippen molar-refractivity contribution in [2.45, 2.75) is 25.9 Å². The van der Waals surface area contributed by atoms with Gasteiger partial charge in [0.15, 0.2) is 5.82 Å². The summed E-state index contributed by atoms with van der Waals surface area (Å²) < 4.78 is 6.93. The van der Waals surface area contributed by atoms with Gasteiger partial charge in [-0.25, -0.2) is 5.10 Å². The highest BCUT2D eigenvalue weighted by Crippen LogP contribution is 2.22. The van der Waals surface area contributed by atoms with E-state index in [0.29, 0.717) is 42.0 Å². The van der Waals surface area contributed by atoms with Gasteiger partial charge in [-0.1, -0.05) is 18.2 Å². The number of hydrogen-bond donors (Lipinski definition) is 1. The predicted molar refractivity (Wildman–Crippen MR) is 99.2 cm³/mol. The Labute approximate surface area is 156 Å². The van der Waals surface area contributed by atoms with Crippen LogP contribution in [-0.2, 0) is 22.6 Å². The molecule has 0 aliphatic carbocycles. The van der Waals surface area contributed by atoms with Crippen LogP contribution in [0.4, 0.5) is 0 Å². The number of likely N-dealkylation sites (N-methyl/N-ethyl adjacent to an activating group) is 1. The van der Waals surface area contributed by atoms with Gasteiger partial charge in [0.05, 0.1) is 30.1 Å². The van der Waals surface area contributed by atoms with Crippen LogP contribution in [0.3, 0.4) is 0 Å². The van der Waals surface area contributed by atoms with Crippen molar-refractivity contribution >= 4 is 16.7 Å². The molecule has 27 heavy (non-hydrogen) atoms. The number of methoxy groups -OCH3 is 1. The third kappa shape index (κ3) is 3.87. The number of aromatic nitrogens is 5. The fourth-order valence-electron chi connectivity index (χ4n) is 2.98. The van der Waals surface area contributed by atoms with E-state index in [0.717, 1.165) is 0 Å². The van der Waals surface area contributed by atoms with Gasteiger partial charge < -0.3 is 14.2 Å². The summed E-state index contributed by atoms with van der Waals surface area (Å²) in [6.45, 7) is 3.24. The molecular formula is C18H22N6O3. The molecule has 0 saturated heterocycles. The molecule has 142 valence electrons. The first kappa shape index (κ1) is 18.7. The lowest BCUT2D eigenvalue weighted by atomic mass is 10.0. The van der Waals surface area contributed by atoms with E-state index in [1.807, 2.05) is 10.6 Å². The van der Waals surface area contributed by atoms with Gasteiger partial charge in [0.1, 0.15) is 6.33 Å². The molecule has 0 spiro atoms. The predicted octanol–water partition coefficient (Wildman–Crippen LogP) is 0.923. The summed E-state index contributed by atoms with van der Waals surface area (Å²) in [6, 6.07) is 7.13. The Hall–Kier alpha value is -3.07. The Morgan fingerprint density at radius 3 is 2.81 bits per heavy atom. The molecule has 0 saturated carbocycles. The van der Waals surface area contributed by atoms with Crippen molar-refractivity contribution in [1.82, 2.24) is 29.9 Å². The van der Waals surface area contributed by atoms with Gasteiger partial charge in [0, 0.05) is 26.1 Å². The second kappa shape index (κ2) is 8.09. The molecule has 2 heterocycles. The Morgan fingerprint density at radius 2 is 2.07 bits per heavy atom. The number of rotatable bonds is 7. The van der Waals surface area contributed by atoms with Crippen molar-refractivity contribution in [3.8, 4) is 0 Å². The molecule has 1 atom stereocenters. The number of nitrogens with zero attached hydrogens (tertiary/aromatic N) is 5. The van der Waals surface area contributed by atoms with Gasteiger partial charge in [-0.05, 0) is 13.0 Å². The molecule has 9 heteroatoms. The van der Waals surface area contributed by atoms with Crippen molar-refractivity contribution in [2.24, 2.45) is 0 Å².